The van der Waals surface area contributed by atoms with E-state index >= 15 is 0 Å². The number of hydrazone groups is 1. The van der Waals surface area contributed by atoms with E-state index in [1.807, 2.05) is 0 Å². The van der Waals surface area contributed by atoms with E-state index in [-0.39, 0.29) is 34.3 Å². The van der Waals surface area contributed by atoms with Crippen LogP contribution in [0.15, 0.2) is 99.8 Å². The average molecular weight is 543 g/mol. The van der Waals surface area contributed by atoms with Gasteiger partial charge < -0.3 is 5.11 Å². The maximum Gasteiger partial charge on any atom is 0.259 e. The Morgan fingerprint density at radius 1 is 0.838 bits per heavy atom. The standard InChI is InChI=1S/C25H26N4O6S2/c1-19(22-14-8-9-15-24(22)30)26-27-25(31)23-18-28(36(32,33)20-10-4-2-5-11-20)16-17-29(23)37(34,35)21-12-6-3-7-13-21/h2-15,23,30H,16-18H2,1H3,(H,27,31)/b26-19+. The lowest BCUT2D eigenvalue weighted by molar-refractivity contribution is -0.125. The summed E-state index contributed by atoms with van der Waals surface area (Å²) in [6.45, 7) is 0.804. The molecule has 0 spiro atoms. The molecule has 3 aromatic rings. The Hall–Kier alpha value is -3.58. The Kier molecular flexibility index (Phi) is 7.73. The van der Waals surface area contributed by atoms with Crippen LogP contribution in [0.3, 0.4) is 0 Å². The SMILES string of the molecule is C/C(=N\NC(=O)C1CN(S(=O)(=O)c2ccccc2)CCN1S(=O)(=O)c1ccccc1)c1ccccc1O. The minimum absolute atomic E-state index is 0.0129. The van der Waals surface area contributed by atoms with Crippen LogP contribution in [0.4, 0.5) is 0 Å². The molecule has 1 fully saturated rings. The molecule has 1 heterocycles. The summed E-state index contributed by atoms with van der Waals surface area (Å²) in [5.41, 5.74) is 3.02. The first kappa shape index (κ1) is 26.5. The number of carbonyl (C=O) groups excluding carboxylic acids is 1. The molecule has 0 saturated carbocycles. The number of phenolic OH excluding ortho intramolecular Hbond substituents is 1. The quantitative estimate of drug-likeness (QED) is 0.346. The van der Waals surface area contributed by atoms with Crippen LogP contribution in [0.2, 0.25) is 0 Å². The Labute approximate surface area is 216 Å². The van der Waals surface area contributed by atoms with Crippen molar-refractivity contribution in [2.45, 2.75) is 22.8 Å². The predicted molar refractivity (Wildman–Crippen MR) is 138 cm³/mol. The van der Waals surface area contributed by atoms with Gasteiger partial charge in [0, 0.05) is 25.2 Å². The van der Waals surface area contributed by atoms with E-state index in [1.165, 1.54) is 30.3 Å². The van der Waals surface area contributed by atoms with Crippen LogP contribution in [0.1, 0.15) is 12.5 Å². The zero-order valence-corrected chi connectivity index (χ0v) is 21.6. The van der Waals surface area contributed by atoms with Gasteiger partial charge in [0.25, 0.3) is 5.91 Å². The number of rotatable bonds is 7. The zero-order chi connectivity index (χ0) is 26.6. The van der Waals surface area contributed by atoms with Crippen molar-refractivity contribution >= 4 is 31.7 Å². The summed E-state index contributed by atoms with van der Waals surface area (Å²) in [5, 5.41) is 14.1. The van der Waals surface area contributed by atoms with Gasteiger partial charge in [0.15, 0.2) is 0 Å². The molecule has 2 N–H and O–H groups in total. The minimum Gasteiger partial charge on any atom is -0.507 e. The first-order valence-corrected chi connectivity index (χ1v) is 14.2. The number of nitrogens with one attached hydrogen (secondary N) is 1. The molecule has 37 heavy (non-hydrogen) atoms. The summed E-state index contributed by atoms with van der Waals surface area (Å²) in [6.07, 6.45) is 0. The maximum atomic E-state index is 13.4. The summed E-state index contributed by atoms with van der Waals surface area (Å²) < 4.78 is 55.5. The number of nitrogens with zero attached hydrogens (tertiary/aromatic N) is 3. The highest BCUT2D eigenvalue weighted by atomic mass is 32.2. The molecular formula is C25H26N4O6S2. The lowest BCUT2D eigenvalue weighted by Crippen LogP contribution is -2.60. The van der Waals surface area contributed by atoms with Gasteiger partial charge in [-0.2, -0.15) is 13.7 Å². The van der Waals surface area contributed by atoms with Crippen LogP contribution in [-0.4, -0.2) is 67.8 Å². The van der Waals surface area contributed by atoms with Crippen molar-refractivity contribution in [2.24, 2.45) is 5.10 Å². The molecule has 1 atom stereocenters. The molecule has 1 aliphatic heterocycles. The maximum absolute atomic E-state index is 13.4. The topological polar surface area (TPSA) is 136 Å². The van der Waals surface area contributed by atoms with Crippen molar-refractivity contribution in [3.63, 3.8) is 0 Å². The molecular weight excluding hydrogens is 516 g/mol. The summed E-state index contributed by atoms with van der Waals surface area (Å²) >= 11 is 0. The third kappa shape index (κ3) is 5.57. The number of phenols is 1. The van der Waals surface area contributed by atoms with Gasteiger partial charge in [0.1, 0.15) is 11.8 Å². The van der Waals surface area contributed by atoms with Gasteiger partial charge in [0.2, 0.25) is 20.0 Å². The summed E-state index contributed by atoms with van der Waals surface area (Å²) in [4.78, 5) is 13.3. The summed E-state index contributed by atoms with van der Waals surface area (Å²) in [7, 11) is -8.10. The second kappa shape index (κ2) is 10.8. The third-order valence-electron chi connectivity index (χ3n) is 5.96. The van der Waals surface area contributed by atoms with Crippen LogP contribution >= 0.6 is 0 Å². The normalized spacial score (nSPS) is 17.9. The molecule has 4 rings (SSSR count). The van der Waals surface area contributed by atoms with E-state index in [0.717, 1.165) is 8.61 Å². The molecule has 0 aliphatic carbocycles. The third-order valence-corrected chi connectivity index (χ3v) is 9.76. The highest BCUT2D eigenvalue weighted by Gasteiger charge is 2.43. The first-order chi connectivity index (χ1) is 17.6. The molecule has 12 heteroatoms. The zero-order valence-electron chi connectivity index (χ0n) is 19.9. The van der Waals surface area contributed by atoms with Gasteiger partial charge in [-0.25, -0.2) is 22.3 Å². The molecule has 194 valence electrons. The van der Waals surface area contributed by atoms with Crippen LogP contribution in [0.25, 0.3) is 0 Å². The molecule has 0 aromatic heterocycles. The number of hydrogen-bond donors (Lipinski definition) is 2. The Morgan fingerprint density at radius 3 is 1.97 bits per heavy atom. The van der Waals surface area contributed by atoms with Gasteiger partial charge in [-0.3, -0.25) is 4.79 Å². The number of carbonyl (C=O) groups is 1. The molecule has 1 aliphatic rings. The number of para-hydroxylation sites is 1. The highest BCUT2D eigenvalue weighted by molar-refractivity contribution is 7.89. The Morgan fingerprint density at radius 2 is 1.38 bits per heavy atom. The largest absolute Gasteiger partial charge is 0.507 e. The monoisotopic (exact) mass is 542 g/mol. The predicted octanol–water partition coefficient (Wildman–Crippen LogP) is 2.00. The smallest absolute Gasteiger partial charge is 0.259 e. The number of aromatic hydroxyl groups is 1. The van der Waals surface area contributed by atoms with Crippen molar-refractivity contribution < 1.29 is 26.7 Å². The summed E-state index contributed by atoms with van der Waals surface area (Å²) in [6, 6.07) is 20.4. The lowest BCUT2D eigenvalue weighted by atomic mass is 10.1. The number of benzene rings is 3. The lowest BCUT2D eigenvalue weighted by Gasteiger charge is -2.38. The molecule has 3 aromatic carbocycles. The van der Waals surface area contributed by atoms with Gasteiger partial charge >= 0.3 is 0 Å². The molecule has 1 amide bonds. The van der Waals surface area contributed by atoms with E-state index in [1.54, 1.807) is 61.5 Å². The van der Waals surface area contributed by atoms with Crippen molar-refractivity contribution in [3.05, 3.63) is 90.5 Å². The molecule has 1 unspecified atom stereocenters. The van der Waals surface area contributed by atoms with Gasteiger partial charge in [-0.15, -0.1) is 0 Å². The molecule has 10 nitrogen and oxygen atoms in total. The summed E-state index contributed by atoms with van der Waals surface area (Å²) in [5.74, 6) is -0.841. The average Bonchev–Trinajstić information content (AvgIpc) is 2.92. The van der Waals surface area contributed by atoms with E-state index in [9.17, 15) is 26.7 Å². The van der Waals surface area contributed by atoms with E-state index < -0.39 is 38.5 Å². The van der Waals surface area contributed by atoms with Crippen molar-refractivity contribution in [1.82, 2.24) is 14.0 Å². The van der Waals surface area contributed by atoms with Crippen molar-refractivity contribution in [1.29, 1.82) is 0 Å². The fraction of sp³-hybridized carbons (Fsp3) is 0.200. The number of piperazine rings is 1. The molecule has 0 radical (unpaired) electrons. The van der Waals surface area contributed by atoms with E-state index in [0.29, 0.717) is 5.56 Å². The van der Waals surface area contributed by atoms with E-state index in [4.69, 9.17) is 0 Å². The number of amides is 1. The van der Waals surface area contributed by atoms with Crippen molar-refractivity contribution in [2.75, 3.05) is 19.6 Å². The Balaban J connectivity index is 1.66. The minimum atomic E-state index is -4.12. The van der Waals surface area contributed by atoms with Gasteiger partial charge in [-0.1, -0.05) is 48.5 Å². The van der Waals surface area contributed by atoms with E-state index in [2.05, 4.69) is 10.5 Å². The molecule has 1 saturated heterocycles. The second-order valence-electron chi connectivity index (χ2n) is 8.31. The first-order valence-electron chi connectivity index (χ1n) is 11.4. The number of sulfonamides is 2. The van der Waals surface area contributed by atoms with Crippen LogP contribution in [0, 0.1) is 0 Å². The highest BCUT2D eigenvalue weighted by Crippen LogP contribution is 2.25. The van der Waals surface area contributed by atoms with Crippen LogP contribution < -0.4 is 5.43 Å². The fourth-order valence-corrected chi connectivity index (χ4v) is 7.03. The van der Waals surface area contributed by atoms with Crippen LogP contribution in [-0.2, 0) is 24.8 Å². The van der Waals surface area contributed by atoms with Crippen LogP contribution in [0.5, 0.6) is 5.75 Å². The van der Waals surface area contributed by atoms with Crippen molar-refractivity contribution in [3.8, 4) is 5.75 Å². The molecule has 0 bridgehead atoms. The second-order valence-corrected chi connectivity index (χ2v) is 12.1. The van der Waals surface area contributed by atoms with Gasteiger partial charge in [-0.05, 0) is 43.3 Å². The number of hydrogen-bond acceptors (Lipinski definition) is 7. The fourth-order valence-electron chi connectivity index (χ4n) is 3.98. The Bertz CT molecular complexity index is 1510. The van der Waals surface area contributed by atoms with Gasteiger partial charge in [0.05, 0.1) is 15.5 Å².